The summed E-state index contributed by atoms with van der Waals surface area (Å²) in [5.74, 6) is 0. The summed E-state index contributed by atoms with van der Waals surface area (Å²) in [6, 6.07) is 20.2. The number of aldehydes is 1. The monoisotopic (exact) mass is 423 g/mol. The fraction of sp³-hybridized carbons (Fsp3) is 0.143. The topological polar surface area (TPSA) is 30.0 Å². The summed E-state index contributed by atoms with van der Waals surface area (Å²) in [7, 11) is 0. The lowest BCUT2D eigenvalue weighted by atomic mass is 9.79. The Labute approximate surface area is 186 Å². The van der Waals surface area contributed by atoms with E-state index in [0.29, 0.717) is 5.56 Å². The Morgan fingerprint density at radius 1 is 0.903 bits per heavy atom. The highest BCUT2D eigenvalue weighted by molar-refractivity contribution is 6.35. The highest BCUT2D eigenvalue weighted by Gasteiger charge is 2.20. The maximum atomic E-state index is 10.4. The molecule has 31 heavy (non-hydrogen) atoms. The van der Waals surface area contributed by atoms with Gasteiger partial charge in [0, 0.05) is 27.6 Å². The maximum Gasteiger partial charge on any atom is 0.151 e. The van der Waals surface area contributed by atoms with Crippen molar-refractivity contribution in [1.82, 2.24) is 4.98 Å². The van der Waals surface area contributed by atoms with Gasteiger partial charge in [0.2, 0.25) is 0 Å². The van der Waals surface area contributed by atoms with Crippen molar-refractivity contribution in [3.8, 4) is 0 Å². The molecule has 1 heterocycles. The van der Waals surface area contributed by atoms with Gasteiger partial charge >= 0.3 is 0 Å². The summed E-state index contributed by atoms with van der Waals surface area (Å²) in [5, 5.41) is 4.38. The number of halogens is 1. The van der Waals surface area contributed by atoms with Gasteiger partial charge in [0.05, 0.1) is 5.52 Å². The third-order valence-electron chi connectivity index (χ3n) is 6.11. The van der Waals surface area contributed by atoms with E-state index in [4.69, 9.17) is 11.6 Å². The van der Waals surface area contributed by atoms with Crippen LogP contribution >= 0.6 is 11.6 Å². The van der Waals surface area contributed by atoms with Crippen LogP contribution in [0.25, 0.3) is 27.2 Å². The Morgan fingerprint density at radius 2 is 1.81 bits per heavy atom. The number of hydrogen-bond acceptors (Lipinski definition) is 2. The predicted molar refractivity (Wildman–Crippen MR) is 130 cm³/mol. The first kappa shape index (κ1) is 19.7. The summed E-state index contributed by atoms with van der Waals surface area (Å²) in [6.07, 6.45) is 11.8. The molecule has 0 saturated carbocycles. The first-order valence-corrected chi connectivity index (χ1v) is 11.0. The van der Waals surface area contributed by atoms with E-state index in [9.17, 15) is 4.79 Å². The van der Waals surface area contributed by atoms with Gasteiger partial charge in [-0.15, -0.1) is 0 Å². The van der Waals surface area contributed by atoms with Crippen LogP contribution in [-0.2, 0) is 6.42 Å². The zero-order valence-corrected chi connectivity index (χ0v) is 17.9. The van der Waals surface area contributed by atoms with E-state index < -0.39 is 0 Å². The molecule has 1 aromatic heterocycles. The van der Waals surface area contributed by atoms with Gasteiger partial charge in [-0.05, 0) is 66.0 Å². The fourth-order valence-electron chi connectivity index (χ4n) is 4.58. The van der Waals surface area contributed by atoms with Crippen LogP contribution in [0, 0.1) is 0 Å². The van der Waals surface area contributed by atoms with Gasteiger partial charge < -0.3 is 0 Å². The minimum absolute atomic E-state index is 0.619. The van der Waals surface area contributed by atoms with Crippen LogP contribution < -0.4 is 0 Å². The second kappa shape index (κ2) is 8.49. The average molecular weight is 424 g/mol. The Bertz CT molecular complexity index is 1370. The number of allylic oxidation sites excluding steroid dienone is 4. The standard InChI is InChI=1S/C18H15Cl.C10H7NO/c19-18-7-3-6-14-16-9-8-12-4-1-2-5-13(12)15(16)10-11-17(14)18;12-7-8-5-9-3-1-2-4-10(9)11-6-8/h2-3,5-7,10-11H,1,4,8-9H2;1-7H. The highest BCUT2D eigenvalue weighted by Crippen LogP contribution is 2.40. The molecule has 0 N–H and O–H groups in total. The number of aryl methyl sites for hydroxylation is 1. The average Bonchev–Trinajstić information content (AvgIpc) is 2.84. The van der Waals surface area contributed by atoms with Crippen LogP contribution in [0.15, 0.2) is 84.6 Å². The smallest absolute Gasteiger partial charge is 0.151 e. The molecule has 6 rings (SSSR count). The summed E-state index contributed by atoms with van der Waals surface area (Å²) < 4.78 is 0. The van der Waals surface area contributed by atoms with Gasteiger partial charge in [-0.2, -0.15) is 0 Å². The molecular formula is C28H22ClNO. The number of carbonyl (C=O) groups excluding carboxylic acids is 1. The molecule has 2 nitrogen and oxygen atoms in total. The highest BCUT2D eigenvalue weighted by atomic mass is 35.5. The fourth-order valence-corrected chi connectivity index (χ4v) is 4.82. The second-order valence-electron chi connectivity index (χ2n) is 7.96. The van der Waals surface area contributed by atoms with Gasteiger partial charge in [0.25, 0.3) is 0 Å². The number of carbonyl (C=O) groups is 1. The Morgan fingerprint density at radius 3 is 2.71 bits per heavy atom. The van der Waals surface area contributed by atoms with Gasteiger partial charge in [-0.25, -0.2) is 0 Å². The SMILES string of the molecule is Clc1cccc2c3c(ccc12)C1=C(CCC=C1)CC3.O=Cc1cnc2ccccc2c1. The van der Waals surface area contributed by atoms with Crippen molar-refractivity contribution in [2.24, 2.45) is 0 Å². The first-order chi connectivity index (χ1) is 15.2. The summed E-state index contributed by atoms with van der Waals surface area (Å²) in [4.78, 5) is 14.5. The van der Waals surface area contributed by atoms with Crippen LogP contribution in [0.3, 0.4) is 0 Å². The van der Waals surface area contributed by atoms with Gasteiger partial charge in [-0.1, -0.05) is 71.8 Å². The molecule has 0 saturated heterocycles. The van der Waals surface area contributed by atoms with Crippen molar-refractivity contribution in [2.45, 2.75) is 25.7 Å². The first-order valence-electron chi connectivity index (χ1n) is 10.6. The summed E-state index contributed by atoms with van der Waals surface area (Å²) >= 11 is 6.31. The molecule has 2 aliphatic carbocycles. The minimum atomic E-state index is 0.619. The number of pyridine rings is 1. The van der Waals surface area contributed by atoms with E-state index in [2.05, 4.69) is 41.4 Å². The van der Waals surface area contributed by atoms with Gasteiger partial charge in [0.1, 0.15) is 0 Å². The summed E-state index contributed by atoms with van der Waals surface area (Å²) in [5.41, 5.74) is 7.54. The number of para-hydroxylation sites is 1. The molecule has 0 bridgehead atoms. The maximum absolute atomic E-state index is 10.4. The van der Waals surface area contributed by atoms with E-state index in [1.165, 1.54) is 46.7 Å². The number of rotatable bonds is 1. The molecule has 0 radical (unpaired) electrons. The number of nitrogens with zero attached hydrogens (tertiary/aromatic N) is 1. The molecule has 0 unspecified atom stereocenters. The van der Waals surface area contributed by atoms with E-state index in [-0.39, 0.29) is 0 Å². The van der Waals surface area contributed by atoms with Crippen molar-refractivity contribution in [3.63, 3.8) is 0 Å². The number of hydrogen-bond donors (Lipinski definition) is 0. The lowest BCUT2D eigenvalue weighted by Gasteiger charge is -2.25. The van der Waals surface area contributed by atoms with Crippen LogP contribution in [0.1, 0.15) is 40.7 Å². The van der Waals surface area contributed by atoms with E-state index in [1.54, 1.807) is 11.8 Å². The van der Waals surface area contributed by atoms with Crippen LogP contribution in [0.5, 0.6) is 0 Å². The second-order valence-corrected chi connectivity index (χ2v) is 8.37. The van der Waals surface area contributed by atoms with Crippen molar-refractivity contribution in [1.29, 1.82) is 0 Å². The van der Waals surface area contributed by atoms with E-state index in [1.807, 2.05) is 36.4 Å². The number of aromatic nitrogens is 1. The molecule has 0 aliphatic heterocycles. The molecule has 4 aromatic rings. The molecule has 3 aromatic carbocycles. The summed E-state index contributed by atoms with van der Waals surface area (Å²) in [6.45, 7) is 0. The van der Waals surface area contributed by atoms with Crippen molar-refractivity contribution < 1.29 is 4.79 Å². The molecule has 0 fully saturated rings. The Hall–Kier alpha value is -3.23. The molecule has 152 valence electrons. The van der Waals surface area contributed by atoms with Crippen LogP contribution in [0.2, 0.25) is 5.02 Å². The predicted octanol–water partition coefficient (Wildman–Crippen LogP) is 7.59. The number of benzene rings is 3. The largest absolute Gasteiger partial charge is 0.298 e. The third kappa shape index (κ3) is 3.80. The zero-order chi connectivity index (χ0) is 21.2. The zero-order valence-electron chi connectivity index (χ0n) is 17.1. The number of fused-ring (bicyclic) bond motifs is 5. The molecule has 2 aliphatic rings. The normalized spacial score (nSPS) is 14.6. The molecular weight excluding hydrogens is 402 g/mol. The lowest BCUT2D eigenvalue weighted by molar-refractivity contribution is 0.112. The molecule has 0 atom stereocenters. The lowest BCUT2D eigenvalue weighted by Crippen LogP contribution is -2.07. The molecule has 0 spiro atoms. The van der Waals surface area contributed by atoms with Crippen molar-refractivity contribution in [2.75, 3.05) is 0 Å². The third-order valence-corrected chi connectivity index (χ3v) is 6.44. The molecule has 0 amide bonds. The van der Waals surface area contributed by atoms with Crippen molar-refractivity contribution >= 4 is 45.1 Å². The van der Waals surface area contributed by atoms with Crippen molar-refractivity contribution in [3.05, 3.63) is 106 Å². The molecule has 3 heteroatoms. The Kier molecular flexibility index (Phi) is 5.40. The minimum Gasteiger partial charge on any atom is -0.298 e. The Balaban J connectivity index is 0.000000147. The van der Waals surface area contributed by atoms with Crippen LogP contribution in [-0.4, -0.2) is 11.3 Å². The van der Waals surface area contributed by atoms with Crippen LogP contribution in [0.4, 0.5) is 0 Å². The van der Waals surface area contributed by atoms with Gasteiger partial charge in [0.15, 0.2) is 6.29 Å². The van der Waals surface area contributed by atoms with E-state index in [0.717, 1.165) is 28.6 Å². The quantitative estimate of drug-likeness (QED) is 0.295. The van der Waals surface area contributed by atoms with Gasteiger partial charge in [-0.3, -0.25) is 9.78 Å². The van der Waals surface area contributed by atoms with E-state index >= 15 is 0 Å².